The van der Waals surface area contributed by atoms with Crippen molar-refractivity contribution in [2.24, 2.45) is 5.92 Å². The molecule has 162 valence electrons. The molecule has 0 saturated carbocycles. The fourth-order valence-electron chi connectivity index (χ4n) is 4.31. The number of H-pyrrole nitrogens is 1. The van der Waals surface area contributed by atoms with Gasteiger partial charge in [0.1, 0.15) is 0 Å². The van der Waals surface area contributed by atoms with E-state index in [1.165, 1.54) is 22.0 Å². The molecule has 1 heterocycles. The number of aromatic amines is 1. The molecule has 4 nitrogen and oxygen atoms in total. The quantitative estimate of drug-likeness (QED) is 0.496. The first-order valence-corrected chi connectivity index (χ1v) is 11.5. The van der Waals surface area contributed by atoms with Crippen molar-refractivity contribution in [2.45, 2.75) is 79.2 Å². The summed E-state index contributed by atoms with van der Waals surface area (Å²) in [7, 11) is 0. The molecule has 0 aliphatic carbocycles. The van der Waals surface area contributed by atoms with Crippen molar-refractivity contribution in [3.63, 3.8) is 0 Å². The van der Waals surface area contributed by atoms with Crippen LogP contribution in [0, 0.1) is 5.92 Å². The molecule has 0 unspecified atom stereocenters. The summed E-state index contributed by atoms with van der Waals surface area (Å²) in [5.74, 6) is 0.793. The third kappa shape index (κ3) is 6.33. The van der Waals surface area contributed by atoms with Crippen LogP contribution in [0.3, 0.4) is 0 Å². The van der Waals surface area contributed by atoms with Crippen LogP contribution in [0.25, 0.3) is 10.9 Å². The van der Waals surface area contributed by atoms with Crippen LogP contribution in [-0.2, 0) is 11.2 Å². The molecule has 29 heavy (non-hydrogen) atoms. The van der Waals surface area contributed by atoms with Crippen molar-refractivity contribution >= 4 is 16.8 Å². The largest absolute Gasteiger partial charge is 0.361 e. The van der Waals surface area contributed by atoms with Gasteiger partial charge in [-0.3, -0.25) is 4.79 Å². The van der Waals surface area contributed by atoms with Gasteiger partial charge in [0.2, 0.25) is 5.91 Å². The number of aromatic nitrogens is 1. The van der Waals surface area contributed by atoms with Crippen molar-refractivity contribution in [2.75, 3.05) is 19.6 Å². The van der Waals surface area contributed by atoms with Gasteiger partial charge >= 0.3 is 0 Å². The minimum absolute atomic E-state index is 0.167. The maximum Gasteiger partial charge on any atom is 0.220 e. The van der Waals surface area contributed by atoms with Crippen LogP contribution in [0.1, 0.15) is 77.8 Å². The molecule has 1 aromatic heterocycles. The highest BCUT2D eigenvalue weighted by molar-refractivity contribution is 5.87. The first-order chi connectivity index (χ1) is 13.9. The third-order valence-electron chi connectivity index (χ3n) is 6.24. The maximum atomic E-state index is 12.8. The number of fused-ring (bicyclic) bond motifs is 1. The molecule has 0 saturated heterocycles. The van der Waals surface area contributed by atoms with Gasteiger partial charge in [0, 0.05) is 29.6 Å². The van der Waals surface area contributed by atoms with Gasteiger partial charge in [0.25, 0.3) is 0 Å². The summed E-state index contributed by atoms with van der Waals surface area (Å²) in [6.07, 6.45) is 5.83. The summed E-state index contributed by atoms with van der Waals surface area (Å²) in [5, 5.41) is 4.51. The zero-order valence-corrected chi connectivity index (χ0v) is 19.3. The van der Waals surface area contributed by atoms with Crippen LogP contribution in [0.5, 0.6) is 0 Å². The van der Waals surface area contributed by atoms with Gasteiger partial charge in [-0.1, -0.05) is 52.8 Å². The van der Waals surface area contributed by atoms with Crippen molar-refractivity contribution in [1.29, 1.82) is 0 Å². The molecule has 2 rings (SSSR count). The van der Waals surface area contributed by atoms with E-state index in [4.69, 9.17) is 0 Å². The average Bonchev–Trinajstić information content (AvgIpc) is 3.13. The highest BCUT2D eigenvalue weighted by Gasteiger charge is 2.23. The normalized spacial score (nSPS) is 13.9. The highest BCUT2D eigenvalue weighted by atomic mass is 16.1. The molecule has 0 bridgehead atoms. The van der Waals surface area contributed by atoms with E-state index in [1.54, 1.807) is 0 Å². The van der Waals surface area contributed by atoms with E-state index in [0.29, 0.717) is 12.3 Å². The predicted octanol–water partition coefficient (Wildman–Crippen LogP) is 5.49. The Morgan fingerprint density at radius 1 is 1.14 bits per heavy atom. The first-order valence-electron chi connectivity index (χ1n) is 11.5. The van der Waals surface area contributed by atoms with Crippen molar-refractivity contribution in [3.8, 4) is 0 Å². The number of rotatable bonds is 12. The standard InChI is InChI=1S/C25H41N3O/c1-7-20-13-10-14-21-23(17-26-25(20)21)22(18(4)5)16-24(29)27-19(6)12-11-15-28(8-2)9-3/h10,13-14,17-19,22,26H,7-9,11-12,15-16H2,1-6H3,(H,27,29)/t19-,22+/m1/s1. The van der Waals surface area contributed by atoms with Gasteiger partial charge in [-0.05, 0) is 68.8 Å². The summed E-state index contributed by atoms with van der Waals surface area (Å²) in [5.41, 5.74) is 3.83. The minimum atomic E-state index is 0.167. The maximum absolute atomic E-state index is 12.8. The molecular formula is C25H41N3O. The second-order valence-electron chi connectivity index (χ2n) is 8.63. The summed E-state index contributed by atoms with van der Waals surface area (Å²) in [6, 6.07) is 6.72. The number of carbonyl (C=O) groups is 1. The fraction of sp³-hybridized carbons (Fsp3) is 0.640. The molecule has 1 amide bonds. The second-order valence-corrected chi connectivity index (χ2v) is 8.63. The zero-order valence-electron chi connectivity index (χ0n) is 19.3. The molecule has 4 heteroatoms. The number of hydrogen-bond acceptors (Lipinski definition) is 2. The molecule has 0 fully saturated rings. The van der Waals surface area contributed by atoms with Crippen LogP contribution in [-0.4, -0.2) is 41.5 Å². The lowest BCUT2D eigenvalue weighted by Crippen LogP contribution is -2.34. The first kappa shape index (κ1) is 23.5. The van der Waals surface area contributed by atoms with Crippen LogP contribution in [0.2, 0.25) is 0 Å². The number of para-hydroxylation sites is 1. The Morgan fingerprint density at radius 3 is 2.48 bits per heavy atom. The second kappa shape index (κ2) is 11.4. The Balaban J connectivity index is 1.99. The van der Waals surface area contributed by atoms with E-state index < -0.39 is 0 Å². The molecule has 0 aliphatic heterocycles. The van der Waals surface area contributed by atoms with Gasteiger partial charge in [-0.25, -0.2) is 0 Å². The van der Waals surface area contributed by atoms with Crippen LogP contribution >= 0.6 is 0 Å². The summed E-state index contributed by atoms with van der Waals surface area (Å²) in [4.78, 5) is 18.7. The third-order valence-corrected chi connectivity index (χ3v) is 6.24. The van der Waals surface area contributed by atoms with Crippen molar-refractivity contribution in [1.82, 2.24) is 15.2 Å². The fourth-order valence-corrected chi connectivity index (χ4v) is 4.31. The van der Waals surface area contributed by atoms with Crippen molar-refractivity contribution in [3.05, 3.63) is 35.5 Å². The van der Waals surface area contributed by atoms with Gasteiger partial charge in [0.15, 0.2) is 0 Å². The molecule has 2 N–H and O–H groups in total. The van der Waals surface area contributed by atoms with Gasteiger partial charge in [0.05, 0.1) is 0 Å². The molecule has 0 aliphatic rings. The lowest BCUT2D eigenvalue weighted by Gasteiger charge is -2.23. The lowest BCUT2D eigenvalue weighted by molar-refractivity contribution is -0.122. The molecular weight excluding hydrogens is 358 g/mol. The summed E-state index contributed by atoms with van der Waals surface area (Å²) >= 11 is 0. The predicted molar refractivity (Wildman–Crippen MR) is 124 cm³/mol. The number of aryl methyl sites for hydroxylation is 1. The molecule has 0 radical (unpaired) electrons. The molecule has 2 atom stereocenters. The summed E-state index contributed by atoms with van der Waals surface area (Å²) < 4.78 is 0. The van der Waals surface area contributed by atoms with E-state index in [-0.39, 0.29) is 17.9 Å². The lowest BCUT2D eigenvalue weighted by atomic mass is 9.85. The number of nitrogens with one attached hydrogen (secondary N) is 2. The van der Waals surface area contributed by atoms with Gasteiger partial charge < -0.3 is 15.2 Å². The topological polar surface area (TPSA) is 48.1 Å². The average molecular weight is 400 g/mol. The number of nitrogens with zero attached hydrogens (tertiary/aromatic N) is 1. The molecule has 2 aromatic rings. The van der Waals surface area contributed by atoms with Gasteiger partial charge in [-0.2, -0.15) is 0 Å². The zero-order chi connectivity index (χ0) is 21.4. The van der Waals surface area contributed by atoms with E-state index in [9.17, 15) is 4.79 Å². The number of carbonyl (C=O) groups excluding carboxylic acids is 1. The Morgan fingerprint density at radius 2 is 1.86 bits per heavy atom. The Kier molecular flexibility index (Phi) is 9.22. The SMILES string of the molecule is CCc1cccc2c([C@@H](CC(=O)N[C@H](C)CCCN(CC)CC)C(C)C)c[nH]c12. The highest BCUT2D eigenvalue weighted by Crippen LogP contribution is 2.34. The van der Waals surface area contributed by atoms with Gasteiger partial charge in [-0.15, -0.1) is 0 Å². The molecule has 1 aromatic carbocycles. The Labute approximate surface area is 177 Å². The van der Waals surface area contributed by atoms with E-state index in [1.807, 2.05) is 0 Å². The smallest absolute Gasteiger partial charge is 0.220 e. The number of amides is 1. The monoisotopic (exact) mass is 399 g/mol. The Hall–Kier alpha value is -1.81. The van der Waals surface area contributed by atoms with E-state index in [2.05, 4.69) is 81.1 Å². The van der Waals surface area contributed by atoms with Crippen LogP contribution < -0.4 is 5.32 Å². The van der Waals surface area contributed by atoms with Crippen LogP contribution in [0.15, 0.2) is 24.4 Å². The van der Waals surface area contributed by atoms with E-state index in [0.717, 1.165) is 38.9 Å². The number of hydrogen-bond donors (Lipinski definition) is 2. The van der Waals surface area contributed by atoms with E-state index >= 15 is 0 Å². The summed E-state index contributed by atoms with van der Waals surface area (Å²) in [6.45, 7) is 16.5. The Bertz CT molecular complexity index is 761. The minimum Gasteiger partial charge on any atom is -0.361 e. The van der Waals surface area contributed by atoms with Crippen LogP contribution in [0.4, 0.5) is 0 Å². The number of benzene rings is 1. The molecule has 0 spiro atoms. The van der Waals surface area contributed by atoms with Crippen molar-refractivity contribution < 1.29 is 4.79 Å².